The van der Waals surface area contributed by atoms with Gasteiger partial charge in [0.2, 0.25) is 5.91 Å². The Morgan fingerprint density at radius 2 is 1.90 bits per heavy atom. The maximum Gasteiger partial charge on any atom is 0.237 e. The number of carbonyl (C=O) groups excluding carboxylic acids is 1. The molecule has 0 aliphatic carbocycles. The summed E-state index contributed by atoms with van der Waals surface area (Å²) in [5.74, 6) is 0.129. The van der Waals surface area contributed by atoms with Gasteiger partial charge in [0.25, 0.3) is 0 Å². The third-order valence-corrected chi connectivity index (χ3v) is 7.49. The average Bonchev–Trinajstić information content (AvgIpc) is 3.19. The van der Waals surface area contributed by atoms with Gasteiger partial charge in [-0.05, 0) is 48.1 Å². The van der Waals surface area contributed by atoms with Crippen molar-refractivity contribution in [2.45, 2.75) is 37.5 Å². The quantitative estimate of drug-likeness (QED) is 0.799. The van der Waals surface area contributed by atoms with E-state index in [2.05, 4.69) is 88.2 Å². The fourth-order valence-electron chi connectivity index (χ4n) is 4.77. The van der Waals surface area contributed by atoms with Gasteiger partial charge in [-0.2, -0.15) is 0 Å². The number of thioether (sulfide) groups is 1. The van der Waals surface area contributed by atoms with E-state index in [0.717, 1.165) is 19.6 Å². The van der Waals surface area contributed by atoms with Gasteiger partial charge in [0.05, 0.1) is 6.04 Å². The first kappa shape index (κ1) is 19.7. The second kappa shape index (κ2) is 8.10. The molecule has 3 heterocycles. The van der Waals surface area contributed by atoms with E-state index in [4.69, 9.17) is 0 Å². The second-order valence-electron chi connectivity index (χ2n) is 8.43. The molecule has 2 N–H and O–H groups in total. The molecule has 0 bridgehead atoms. The van der Waals surface area contributed by atoms with E-state index < -0.39 is 0 Å². The maximum atomic E-state index is 12.9. The summed E-state index contributed by atoms with van der Waals surface area (Å²) in [4.78, 5) is 17.7. The van der Waals surface area contributed by atoms with Crippen LogP contribution in [0.2, 0.25) is 0 Å². The molecule has 4 unspecified atom stereocenters. The predicted octanol–water partition coefficient (Wildman–Crippen LogP) is 3.03. The van der Waals surface area contributed by atoms with Crippen LogP contribution in [-0.2, 0) is 4.79 Å². The van der Waals surface area contributed by atoms with Crippen LogP contribution in [-0.4, -0.2) is 54.1 Å². The number of benzene rings is 2. The van der Waals surface area contributed by atoms with Gasteiger partial charge in [0, 0.05) is 31.4 Å². The molecule has 2 aromatic rings. The number of aryl methyl sites for hydroxylation is 1. The molecule has 3 aliphatic heterocycles. The topological polar surface area (TPSA) is 47.6 Å². The summed E-state index contributed by atoms with van der Waals surface area (Å²) in [6.07, 6.45) is -0.133. The molecule has 2 fully saturated rings. The van der Waals surface area contributed by atoms with Crippen molar-refractivity contribution in [3.63, 3.8) is 0 Å². The van der Waals surface area contributed by atoms with E-state index in [9.17, 15) is 4.79 Å². The largest absolute Gasteiger partial charge is 0.366 e. The molecule has 0 saturated carbocycles. The van der Waals surface area contributed by atoms with E-state index in [-0.39, 0.29) is 23.5 Å². The van der Waals surface area contributed by atoms with Gasteiger partial charge >= 0.3 is 0 Å². The zero-order valence-electron chi connectivity index (χ0n) is 17.4. The van der Waals surface area contributed by atoms with Crippen molar-refractivity contribution < 1.29 is 4.79 Å². The Hall–Kier alpha value is -2.28. The summed E-state index contributed by atoms with van der Waals surface area (Å²) in [5, 5.41) is 9.01. The SMILES string of the molecule is Cc1cccc(N2CCN(C3NC(=O)C4SC=C(c5ccccc5)C4N3)CC2C)c1. The molecule has 30 heavy (non-hydrogen) atoms. The molecule has 3 aliphatic rings. The van der Waals surface area contributed by atoms with Gasteiger partial charge in [-0.15, -0.1) is 11.8 Å². The molecule has 0 aromatic heterocycles. The summed E-state index contributed by atoms with van der Waals surface area (Å²) in [5.41, 5.74) is 4.98. The van der Waals surface area contributed by atoms with Crippen LogP contribution < -0.4 is 15.5 Å². The monoisotopic (exact) mass is 420 g/mol. The molecular weight excluding hydrogens is 392 g/mol. The summed E-state index contributed by atoms with van der Waals surface area (Å²) in [6, 6.07) is 19.5. The van der Waals surface area contributed by atoms with Crippen molar-refractivity contribution in [1.29, 1.82) is 0 Å². The Morgan fingerprint density at radius 1 is 1.07 bits per heavy atom. The highest BCUT2D eigenvalue weighted by molar-refractivity contribution is 8.04. The molecule has 6 heteroatoms. The second-order valence-corrected chi connectivity index (χ2v) is 9.44. The number of hydrogen-bond donors (Lipinski definition) is 2. The lowest BCUT2D eigenvalue weighted by molar-refractivity contribution is -0.125. The van der Waals surface area contributed by atoms with Crippen LogP contribution >= 0.6 is 11.8 Å². The van der Waals surface area contributed by atoms with Crippen molar-refractivity contribution in [2.75, 3.05) is 24.5 Å². The van der Waals surface area contributed by atoms with Crippen LogP contribution in [0.5, 0.6) is 0 Å². The normalized spacial score (nSPS) is 29.3. The number of hydrogen-bond acceptors (Lipinski definition) is 5. The third-order valence-electron chi connectivity index (χ3n) is 6.32. The summed E-state index contributed by atoms with van der Waals surface area (Å²) < 4.78 is 0. The zero-order chi connectivity index (χ0) is 20.7. The third kappa shape index (κ3) is 3.64. The predicted molar refractivity (Wildman–Crippen MR) is 124 cm³/mol. The summed E-state index contributed by atoms with van der Waals surface area (Å²) >= 11 is 1.62. The molecular formula is C24H28N4OS. The number of nitrogens with one attached hydrogen (secondary N) is 2. The van der Waals surface area contributed by atoms with Crippen molar-refractivity contribution in [3.8, 4) is 0 Å². The first-order chi connectivity index (χ1) is 14.6. The molecule has 5 rings (SSSR count). The highest BCUT2D eigenvalue weighted by Gasteiger charge is 2.44. The molecule has 0 spiro atoms. The fourth-order valence-corrected chi connectivity index (χ4v) is 5.92. The van der Waals surface area contributed by atoms with Gasteiger partial charge in [-0.25, -0.2) is 0 Å². The molecule has 0 radical (unpaired) electrons. The number of carbonyl (C=O) groups is 1. The molecule has 156 valence electrons. The fraction of sp³-hybridized carbons (Fsp3) is 0.375. The first-order valence-corrected chi connectivity index (χ1v) is 11.6. The zero-order valence-corrected chi connectivity index (χ0v) is 18.2. The minimum absolute atomic E-state index is 0.0428. The molecule has 2 saturated heterocycles. The van der Waals surface area contributed by atoms with Gasteiger partial charge < -0.3 is 10.2 Å². The Kier molecular flexibility index (Phi) is 5.31. The molecule has 4 atom stereocenters. The standard InChI is InChI=1S/C24H28N4OS/c1-16-7-6-10-19(13-16)28-12-11-27(14-17(28)2)24-25-21-20(18-8-4-3-5-9-18)15-30-22(21)23(29)26-24/h3-10,13,15,17,21-22,24-25H,11-12,14H2,1-2H3,(H,26,29). The summed E-state index contributed by atoms with van der Waals surface area (Å²) in [6.45, 7) is 7.16. The van der Waals surface area contributed by atoms with E-state index in [0.29, 0.717) is 6.04 Å². The smallest absolute Gasteiger partial charge is 0.237 e. The number of amides is 1. The van der Waals surface area contributed by atoms with Gasteiger partial charge in [-0.3, -0.25) is 15.0 Å². The number of piperazine rings is 1. The molecule has 2 aromatic carbocycles. The van der Waals surface area contributed by atoms with Gasteiger partial charge in [0.1, 0.15) is 11.5 Å². The Morgan fingerprint density at radius 3 is 2.67 bits per heavy atom. The minimum atomic E-state index is -0.133. The molecule has 5 nitrogen and oxygen atoms in total. The Labute approximate surface area is 182 Å². The molecule has 1 amide bonds. The number of nitrogens with zero attached hydrogens (tertiary/aromatic N) is 2. The van der Waals surface area contributed by atoms with Crippen molar-refractivity contribution in [1.82, 2.24) is 15.5 Å². The highest BCUT2D eigenvalue weighted by Crippen LogP contribution is 2.38. The van der Waals surface area contributed by atoms with Crippen LogP contribution in [0.1, 0.15) is 18.1 Å². The van der Waals surface area contributed by atoms with Crippen molar-refractivity contribution in [3.05, 3.63) is 71.1 Å². The number of anilines is 1. The van der Waals surface area contributed by atoms with Crippen LogP contribution in [0, 0.1) is 6.92 Å². The van der Waals surface area contributed by atoms with E-state index in [1.807, 2.05) is 6.07 Å². The van der Waals surface area contributed by atoms with Crippen LogP contribution in [0.3, 0.4) is 0 Å². The van der Waals surface area contributed by atoms with Crippen molar-refractivity contribution >= 4 is 28.9 Å². The maximum absolute atomic E-state index is 12.9. The van der Waals surface area contributed by atoms with Crippen LogP contribution in [0.25, 0.3) is 5.57 Å². The van der Waals surface area contributed by atoms with Crippen LogP contribution in [0.15, 0.2) is 60.0 Å². The lowest BCUT2D eigenvalue weighted by Gasteiger charge is -2.47. The van der Waals surface area contributed by atoms with E-state index >= 15 is 0 Å². The van der Waals surface area contributed by atoms with Crippen LogP contribution in [0.4, 0.5) is 5.69 Å². The first-order valence-electron chi connectivity index (χ1n) is 10.6. The highest BCUT2D eigenvalue weighted by atomic mass is 32.2. The van der Waals surface area contributed by atoms with Gasteiger partial charge in [0.15, 0.2) is 0 Å². The minimum Gasteiger partial charge on any atom is -0.366 e. The van der Waals surface area contributed by atoms with E-state index in [1.165, 1.54) is 22.4 Å². The Balaban J connectivity index is 1.30. The number of rotatable bonds is 3. The average molecular weight is 421 g/mol. The summed E-state index contributed by atoms with van der Waals surface area (Å²) in [7, 11) is 0. The van der Waals surface area contributed by atoms with Gasteiger partial charge in [-0.1, -0.05) is 42.5 Å². The lowest BCUT2D eigenvalue weighted by Crippen LogP contribution is -2.70. The van der Waals surface area contributed by atoms with Crippen molar-refractivity contribution in [2.24, 2.45) is 0 Å². The number of fused-ring (bicyclic) bond motifs is 1. The Bertz CT molecular complexity index is 963. The van der Waals surface area contributed by atoms with E-state index in [1.54, 1.807) is 11.8 Å². The lowest BCUT2D eigenvalue weighted by atomic mass is 9.96.